The number of nitrogens with one attached hydrogen (secondary N) is 1. The lowest BCUT2D eigenvalue weighted by Gasteiger charge is -2.14. The molecule has 0 aromatic heterocycles. The van der Waals surface area contributed by atoms with Crippen LogP contribution in [0.25, 0.3) is 0 Å². The number of esters is 1. The van der Waals surface area contributed by atoms with E-state index in [1.165, 1.54) is 43.3 Å². The van der Waals surface area contributed by atoms with Gasteiger partial charge in [0.05, 0.1) is 21.2 Å². The van der Waals surface area contributed by atoms with Crippen LogP contribution in [0.1, 0.15) is 17.3 Å². The van der Waals surface area contributed by atoms with Crippen molar-refractivity contribution in [3.8, 4) is 0 Å². The van der Waals surface area contributed by atoms with Gasteiger partial charge >= 0.3 is 5.97 Å². The van der Waals surface area contributed by atoms with Gasteiger partial charge < -0.3 is 10.1 Å². The van der Waals surface area contributed by atoms with Crippen molar-refractivity contribution >= 4 is 50.6 Å². The number of anilines is 1. The zero-order valence-electron chi connectivity index (χ0n) is 13.8. The largest absolute Gasteiger partial charge is 0.449 e. The van der Waals surface area contributed by atoms with Crippen molar-refractivity contribution in [3.63, 3.8) is 0 Å². The first-order valence-corrected chi connectivity index (χ1v) is 9.99. The molecule has 0 aliphatic rings. The Labute approximate surface area is 161 Å². The molecule has 0 fully saturated rings. The lowest BCUT2D eigenvalue weighted by Crippen LogP contribution is -2.30. The quantitative estimate of drug-likeness (QED) is 0.753. The molecule has 0 aliphatic heterocycles. The molecule has 1 amide bonds. The molecule has 26 heavy (non-hydrogen) atoms. The molecule has 1 unspecified atom stereocenters. The molecule has 2 aromatic rings. The average molecular weight is 416 g/mol. The van der Waals surface area contributed by atoms with E-state index in [1.807, 2.05) is 0 Å². The van der Waals surface area contributed by atoms with E-state index in [1.54, 1.807) is 6.07 Å². The maximum absolute atomic E-state index is 12.1. The van der Waals surface area contributed by atoms with Gasteiger partial charge in [-0.2, -0.15) is 0 Å². The Morgan fingerprint density at radius 3 is 2.23 bits per heavy atom. The van der Waals surface area contributed by atoms with Crippen LogP contribution in [0.15, 0.2) is 47.4 Å². The van der Waals surface area contributed by atoms with Crippen LogP contribution in [0.2, 0.25) is 10.0 Å². The molecule has 6 nitrogen and oxygen atoms in total. The number of hydrogen-bond acceptors (Lipinski definition) is 5. The molecule has 1 atom stereocenters. The van der Waals surface area contributed by atoms with Gasteiger partial charge in [0, 0.05) is 11.3 Å². The molecule has 0 spiro atoms. The predicted octanol–water partition coefficient (Wildman–Crippen LogP) is 3.58. The Morgan fingerprint density at radius 2 is 1.69 bits per heavy atom. The van der Waals surface area contributed by atoms with Crippen LogP contribution in [-0.4, -0.2) is 32.7 Å². The molecule has 0 heterocycles. The van der Waals surface area contributed by atoms with E-state index in [-0.39, 0.29) is 15.5 Å². The van der Waals surface area contributed by atoms with Gasteiger partial charge in [0.1, 0.15) is 0 Å². The maximum Gasteiger partial charge on any atom is 0.338 e. The summed E-state index contributed by atoms with van der Waals surface area (Å²) < 4.78 is 27.9. The molecular weight excluding hydrogens is 401 g/mol. The second-order valence-corrected chi connectivity index (χ2v) is 8.32. The summed E-state index contributed by atoms with van der Waals surface area (Å²) in [6, 6.07) is 9.79. The molecule has 2 rings (SSSR count). The molecule has 0 aliphatic carbocycles. The highest BCUT2D eigenvalue weighted by Crippen LogP contribution is 2.25. The summed E-state index contributed by atoms with van der Waals surface area (Å²) in [4.78, 5) is 24.3. The fourth-order valence-electron chi connectivity index (χ4n) is 1.95. The minimum absolute atomic E-state index is 0.0808. The summed E-state index contributed by atoms with van der Waals surface area (Å²) in [6.45, 7) is 1.40. The van der Waals surface area contributed by atoms with Crippen LogP contribution in [0.3, 0.4) is 0 Å². The van der Waals surface area contributed by atoms with Crippen LogP contribution >= 0.6 is 23.2 Å². The number of carbonyl (C=O) groups is 2. The third-order valence-corrected chi connectivity index (χ3v) is 5.04. The zero-order chi connectivity index (χ0) is 19.5. The number of halogens is 2. The first kappa shape index (κ1) is 20.2. The van der Waals surface area contributed by atoms with Crippen LogP contribution in [0.5, 0.6) is 0 Å². The Kier molecular flexibility index (Phi) is 6.28. The molecular formula is C17H15Cl2NO5S. The summed E-state index contributed by atoms with van der Waals surface area (Å²) in [5.41, 5.74) is 0.461. The van der Waals surface area contributed by atoms with Gasteiger partial charge in [-0.05, 0) is 49.4 Å². The summed E-state index contributed by atoms with van der Waals surface area (Å²) in [5, 5.41) is 3.21. The molecule has 0 radical (unpaired) electrons. The predicted molar refractivity (Wildman–Crippen MR) is 99.5 cm³/mol. The second-order valence-electron chi connectivity index (χ2n) is 5.46. The molecule has 0 bridgehead atoms. The standard InChI is InChI=1S/C17H15Cl2NO5S/c1-10(16(21)20-15-8-5-12(18)9-14(15)19)25-17(22)11-3-6-13(7-4-11)26(2,23)24/h3-10H,1-2H3,(H,20,21). The Hall–Kier alpha value is -2.09. The van der Waals surface area contributed by atoms with E-state index in [0.29, 0.717) is 10.7 Å². The van der Waals surface area contributed by atoms with Gasteiger partial charge in [-0.25, -0.2) is 13.2 Å². The summed E-state index contributed by atoms with van der Waals surface area (Å²) in [7, 11) is -3.36. The van der Waals surface area contributed by atoms with Gasteiger partial charge in [0.2, 0.25) is 0 Å². The third kappa shape index (κ3) is 5.20. The lowest BCUT2D eigenvalue weighted by molar-refractivity contribution is -0.123. The van der Waals surface area contributed by atoms with Gasteiger partial charge in [0.25, 0.3) is 5.91 Å². The molecule has 2 aromatic carbocycles. The Balaban J connectivity index is 2.02. The molecule has 9 heteroatoms. The lowest BCUT2D eigenvalue weighted by atomic mass is 10.2. The fourth-order valence-corrected chi connectivity index (χ4v) is 3.03. The van der Waals surface area contributed by atoms with Crippen molar-refractivity contribution < 1.29 is 22.7 Å². The van der Waals surface area contributed by atoms with Crippen LogP contribution in [0, 0.1) is 0 Å². The number of carbonyl (C=O) groups excluding carboxylic acids is 2. The van der Waals surface area contributed by atoms with Crippen molar-refractivity contribution in [2.45, 2.75) is 17.9 Å². The van der Waals surface area contributed by atoms with Gasteiger partial charge in [-0.15, -0.1) is 0 Å². The van der Waals surface area contributed by atoms with Crippen LogP contribution < -0.4 is 5.32 Å². The SMILES string of the molecule is CC(OC(=O)c1ccc(S(C)(=O)=O)cc1)C(=O)Nc1ccc(Cl)cc1Cl. The van der Waals surface area contributed by atoms with E-state index in [2.05, 4.69) is 5.32 Å². The van der Waals surface area contributed by atoms with E-state index in [4.69, 9.17) is 27.9 Å². The van der Waals surface area contributed by atoms with Crippen molar-refractivity contribution in [1.82, 2.24) is 0 Å². The molecule has 138 valence electrons. The zero-order valence-corrected chi connectivity index (χ0v) is 16.2. The van der Waals surface area contributed by atoms with E-state index < -0.39 is 27.8 Å². The normalized spacial score (nSPS) is 12.3. The smallest absolute Gasteiger partial charge is 0.338 e. The van der Waals surface area contributed by atoms with Gasteiger partial charge in [-0.1, -0.05) is 23.2 Å². The van der Waals surface area contributed by atoms with Gasteiger partial charge in [0.15, 0.2) is 15.9 Å². The number of hydrogen-bond donors (Lipinski definition) is 1. The second kappa shape index (κ2) is 8.07. The number of benzene rings is 2. The fraction of sp³-hybridized carbons (Fsp3) is 0.176. The van der Waals surface area contributed by atoms with Crippen molar-refractivity contribution in [1.29, 1.82) is 0 Å². The number of sulfone groups is 1. The maximum atomic E-state index is 12.1. The van der Waals surface area contributed by atoms with Crippen molar-refractivity contribution in [3.05, 3.63) is 58.1 Å². The molecule has 0 saturated carbocycles. The highest BCUT2D eigenvalue weighted by atomic mass is 35.5. The number of rotatable bonds is 5. The minimum Gasteiger partial charge on any atom is -0.449 e. The summed E-state index contributed by atoms with van der Waals surface area (Å²) >= 11 is 11.8. The average Bonchev–Trinajstić information content (AvgIpc) is 2.56. The van der Waals surface area contributed by atoms with Crippen LogP contribution in [-0.2, 0) is 19.4 Å². The van der Waals surface area contributed by atoms with Crippen molar-refractivity contribution in [2.75, 3.05) is 11.6 Å². The first-order chi connectivity index (χ1) is 12.1. The van der Waals surface area contributed by atoms with Gasteiger partial charge in [-0.3, -0.25) is 4.79 Å². The van der Waals surface area contributed by atoms with Crippen LogP contribution in [0.4, 0.5) is 5.69 Å². The van der Waals surface area contributed by atoms with E-state index in [9.17, 15) is 18.0 Å². The number of ether oxygens (including phenoxy) is 1. The monoisotopic (exact) mass is 415 g/mol. The Morgan fingerprint density at radius 1 is 1.08 bits per heavy atom. The van der Waals surface area contributed by atoms with Crippen molar-refractivity contribution in [2.24, 2.45) is 0 Å². The highest BCUT2D eigenvalue weighted by molar-refractivity contribution is 7.90. The minimum atomic E-state index is -3.36. The first-order valence-electron chi connectivity index (χ1n) is 7.35. The molecule has 0 saturated heterocycles. The van der Waals surface area contributed by atoms with E-state index >= 15 is 0 Å². The Bertz CT molecular complexity index is 942. The highest BCUT2D eigenvalue weighted by Gasteiger charge is 2.20. The molecule has 1 N–H and O–H groups in total. The summed E-state index contributed by atoms with van der Waals surface area (Å²) in [5.74, 6) is -1.33. The topological polar surface area (TPSA) is 89.5 Å². The third-order valence-electron chi connectivity index (χ3n) is 3.36. The van der Waals surface area contributed by atoms with E-state index in [0.717, 1.165) is 6.26 Å². The number of amides is 1. The summed E-state index contributed by atoms with van der Waals surface area (Å²) in [6.07, 6.45) is -0.0296.